The average Bonchev–Trinajstić information content (AvgIpc) is 2.82. The van der Waals surface area contributed by atoms with Crippen molar-refractivity contribution in [2.75, 3.05) is 13.1 Å². The molecule has 0 aromatic heterocycles. The highest BCUT2D eigenvalue weighted by molar-refractivity contribution is 6.34. The van der Waals surface area contributed by atoms with Crippen molar-refractivity contribution in [3.8, 4) is 11.5 Å². The van der Waals surface area contributed by atoms with Gasteiger partial charge in [0.2, 0.25) is 0 Å². The molecule has 0 unspecified atom stereocenters. The monoisotopic (exact) mass is 510 g/mol. The summed E-state index contributed by atoms with van der Waals surface area (Å²) in [4.78, 5) is 35.6. The number of carboxylic acids is 1. The Hall–Kier alpha value is -3.40. The predicted octanol–water partition coefficient (Wildman–Crippen LogP) is 4.12. The molecule has 8 nitrogen and oxygen atoms in total. The summed E-state index contributed by atoms with van der Waals surface area (Å²) in [5, 5.41) is 14.6. The molecule has 0 saturated heterocycles. The number of carboxylic acid groups (broad SMARTS) is 1. The van der Waals surface area contributed by atoms with Crippen molar-refractivity contribution in [1.82, 2.24) is 10.6 Å². The number of amides is 2. The minimum Gasteiger partial charge on any atom is -0.490 e. The van der Waals surface area contributed by atoms with Gasteiger partial charge >= 0.3 is 12.6 Å². The van der Waals surface area contributed by atoms with Crippen LogP contribution in [0.25, 0.3) is 0 Å². The summed E-state index contributed by atoms with van der Waals surface area (Å²) in [6.45, 7) is -2.67. The van der Waals surface area contributed by atoms with Crippen LogP contribution in [-0.4, -0.2) is 48.7 Å². The molecule has 188 valence electrons. The summed E-state index contributed by atoms with van der Waals surface area (Å²) in [5.74, 6) is -1.52. The molecule has 1 aliphatic rings. The first-order chi connectivity index (χ1) is 16.7. The smallest absolute Gasteiger partial charge is 0.387 e. The molecule has 1 saturated carbocycles. The van der Waals surface area contributed by atoms with Crippen molar-refractivity contribution in [1.29, 1.82) is 0 Å². The fraction of sp³-hybridized carbons (Fsp3) is 0.375. The second-order valence-corrected chi connectivity index (χ2v) is 8.39. The van der Waals surface area contributed by atoms with Gasteiger partial charge in [-0.05, 0) is 68.1 Å². The molecule has 2 aromatic carbocycles. The molecule has 0 aliphatic heterocycles. The summed E-state index contributed by atoms with van der Waals surface area (Å²) in [7, 11) is 0. The summed E-state index contributed by atoms with van der Waals surface area (Å²) < 4.78 is 34.5. The van der Waals surface area contributed by atoms with Crippen LogP contribution in [0.4, 0.5) is 8.78 Å². The zero-order valence-corrected chi connectivity index (χ0v) is 19.4. The fourth-order valence-electron chi connectivity index (χ4n) is 3.71. The van der Waals surface area contributed by atoms with Crippen LogP contribution < -0.4 is 20.1 Å². The van der Waals surface area contributed by atoms with Gasteiger partial charge in [0.25, 0.3) is 11.8 Å². The molecule has 35 heavy (non-hydrogen) atoms. The van der Waals surface area contributed by atoms with Crippen molar-refractivity contribution < 1.29 is 37.7 Å². The van der Waals surface area contributed by atoms with E-state index in [1.165, 1.54) is 30.3 Å². The molecule has 3 N–H and O–H groups in total. The second-order valence-electron chi connectivity index (χ2n) is 7.99. The molecule has 1 aliphatic carbocycles. The van der Waals surface area contributed by atoms with Crippen LogP contribution in [0.2, 0.25) is 5.02 Å². The Bertz CT molecular complexity index is 1040. The summed E-state index contributed by atoms with van der Waals surface area (Å²) in [6, 6.07) is 9.95. The Kier molecular flexibility index (Phi) is 9.25. The Morgan fingerprint density at radius 2 is 1.54 bits per heavy atom. The van der Waals surface area contributed by atoms with Crippen LogP contribution in [0.3, 0.4) is 0 Å². The number of alkyl halides is 2. The second kappa shape index (κ2) is 12.3. The highest BCUT2D eigenvalue weighted by atomic mass is 35.5. The Morgan fingerprint density at radius 1 is 0.943 bits per heavy atom. The number of nitrogens with one attached hydrogen (secondary N) is 2. The quantitative estimate of drug-likeness (QED) is 0.414. The van der Waals surface area contributed by atoms with E-state index in [0.29, 0.717) is 31.4 Å². The Morgan fingerprint density at radius 3 is 2.11 bits per heavy atom. The minimum atomic E-state index is -2.94. The van der Waals surface area contributed by atoms with E-state index < -0.39 is 24.4 Å². The highest BCUT2D eigenvalue weighted by Crippen LogP contribution is 2.29. The van der Waals surface area contributed by atoms with Gasteiger partial charge in [0.1, 0.15) is 11.5 Å². The first-order valence-electron chi connectivity index (χ1n) is 11.0. The van der Waals surface area contributed by atoms with Crippen molar-refractivity contribution in [2.45, 2.75) is 38.4 Å². The van der Waals surface area contributed by atoms with Crippen LogP contribution in [0, 0.1) is 5.92 Å². The van der Waals surface area contributed by atoms with Gasteiger partial charge in [-0.25, -0.2) is 0 Å². The van der Waals surface area contributed by atoms with E-state index in [1.807, 2.05) is 0 Å². The molecular formula is C24H25ClF2N2O6. The SMILES string of the molecule is O=C(NCCNC(=O)c1ccc(O[C@H]2CC[C@@H](C(=O)O)CC2)cc1Cl)c1ccc(OC(F)F)cc1. The zero-order valence-electron chi connectivity index (χ0n) is 18.6. The van der Waals surface area contributed by atoms with Crippen molar-refractivity contribution in [3.63, 3.8) is 0 Å². The largest absolute Gasteiger partial charge is 0.490 e. The number of aliphatic carboxylic acids is 1. The third-order valence-corrected chi connectivity index (χ3v) is 5.86. The fourth-order valence-corrected chi connectivity index (χ4v) is 3.97. The summed E-state index contributed by atoms with van der Waals surface area (Å²) >= 11 is 6.25. The van der Waals surface area contributed by atoms with E-state index >= 15 is 0 Å². The van der Waals surface area contributed by atoms with E-state index in [0.717, 1.165) is 0 Å². The van der Waals surface area contributed by atoms with Gasteiger partial charge in [0, 0.05) is 18.7 Å². The molecule has 3 rings (SSSR count). The van der Waals surface area contributed by atoms with Crippen molar-refractivity contribution >= 4 is 29.4 Å². The first-order valence-corrected chi connectivity index (χ1v) is 11.4. The molecule has 2 amide bonds. The van der Waals surface area contributed by atoms with Crippen LogP contribution in [0.15, 0.2) is 42.5 Å². The summed E-state index contributed by atoms with van der Waals surface area (Å²) in [5.41, 5.74) is 0.502. The molecule has 0 atom stereocenters. The lowest BCUT2D eigenvalue weighted by atomic mass is 9.87. The number of rotatable bonds is 10. The molecule has 0 spiro atoms. The number of hydrogen-bond acceptors (Lipinski definition) is 5. The number of ether oxygens (including phenoxy) is 2. The van der Waals surface area contributed by atoms with Gasteiger partial charge in [-0.1, -0.05) is 11.6 Å². The van der Waals surface area contributed by atoms with Crippen LogP contribution in [0.1, 0.15) is 46.4 Å². The van der Waals surface area contributed by atoms with Crippen molar-refractivity contribution in [2.24, 2.45) is 5.92 Å². The maximum absolute atomic E-state index is 12.4. The standard InChI is InChI=1S/C24H25ClF2N2O6/c25-20-13-18(34-16-7-3-15(4-8-16)23(32)33)9-10-19(20)22(31)29-12-11-28-21(30)14-1-5-17(6-2-14)35-24(26)27/h1-2,5-6,9-10,13,15-16,24H,3-4,7-8,11-12H2,(H,28,30)(H,29,31)(H,32,33)/t15-,16+. The topological polar surface area (TPSA) is 114 Å². The van der Waals surface area contributed by atoms with E-state index in [-0.39, 0.29) is 47.0 Å². The van der Waals surface area contributed by atoms with Crippen molar-refractivity contribution in [3.05, 3.63) is 58.6 Å². The van der Waals surface area contributed by atoms with E-state index in [2.05, 4.69) is 15.4 Å². The molecule has 0 radical (unpaired) electrons. The van der Waals surface area contributed by atoms with Crippen LogP contribution in [0.5, 0.6) is 11.5 Å². The maximum Gasteiger partial charge on any atom is 0.387 e. The van der Waals surface area contributed by atoms with Gasteiger partial charge in [0.05, 0.1) is 22.6 Å². The molecular weight excluding hydrogens is 486 g/mol. The highest BCUT2D eigenvalue weighted by Gasteiger charge is 2.27. The van der Waals surface area contributed by atoms with E-state index in [4.69, 9.17) is 21.4 Å². The lowest BCUT2D eigenvalue weighted by Crippen LogP contribution is -2.34. The lowest BCUT2D eigenvalue weighted by molar-refractivity contribution is -0.143. The minimum absolute atomic E-state index is 0.0531. The van der Waals surface area contributed by atoms with Gasteiger partial charge in [-0.15, -0.1) is 0 Å². The summed E-state index contributed by atoms with van der Waals surface area (Å²) in [6.07, 6.45) is 2.29. The normalized spacial score (nSPS) is 17.5. The zero-order chi connectivity index (χ0) is 25.4. The lowest BCUT2D eigenvalue weighted by Gasteiger charge is -2.26. The van der Waals surface area contributed by atoms with Gasteiger partial charge in [-0.2, -0.15) is 8.78 Å². The molecule has 11 heteroatoms. The number of carbonyl (C=O) groups is 3. The Balaban J connectivity index is 1.42. The van der Waals surface area contributed by atoms with Crippen LogP contribution in [-0.2, 0) is 4.79 Å². The molecule has 0 bridgehead atoms. The average molecular weight is 511 g/mol. The van der Waals surface area contributed by atoms with Gasteiger partial charge in [-0.3, -0.25) is 14.4 Å². The number of carbonyl (C=O) groups excluding carboxylic acids is 2. The number of halogens is 3. The van der Waals surface area contributed by atoms with Gasteiger partial charge < -0.3 is 25.2 Å². The molecule has 0 heterocycles. The van der Waals surface area contributed by atoms with E-state index in [9.17, 15) is 23.2 Å². The van der Waals surface area contributed by atoms with Gasteiger partial charge in [0.15, 0.2) is 0 Å². The van der Waals surface area contributed by atoms with E-state index in [1.54, 1.807) is 12.1 Å². The Labute approximate surface area is 205 Å². The third kappa shape index (κ3) is 7.81. The third-order valence-electron chi connectivity index (χ3n) is 5.55. The predicted molar refractivity (Wildman–Crippen MR) is 123 cm³/mol. The van der Waals surface area contributed by atoms with Crippen LogP contribution >= 0.6 is 11.6 Å². The number of hydrogen-bond donors (Lipinski definition) is 3. The number of benzene rings is 2. The maximum atomic E-state index is 12.4. The molecule has 2 aromatic rings. The first kappa shape index (κ1) is 26.2. The molecule has 1 fully saturated rings.